The van der Waals surface area contributed by atoms with Gasteiger partial charge in [0.15, 0.2) is 0 Å². The predicted octanol–water partition coefficient (Wildman–Crippen LogP) is 4.09. The maximum absolute atomic E-state index is 12.4. The van der Waals surface area contributed by atoms with Crippen LogP contribution in [0.2, 0.25) is 0 Å². The lowest BCUT2D eigenvalue weighted by Crippen LogP contribution is -2.11. The van der Waals surface area contributed by atoms with Crippen molar-refractivity contribution in [2.24, 2.45) is 0 Å². The van der Waals surface area contributed by atoms with Crippen LogP contribution in [0.5, 0.6) is 0 Å². The molecule has 0 aliphatic rings. The number of nitrogens with one attached hydrogen (secondary N) is 1. The van der Waals surface area contributed by atoms with E-state index in [1.54, 1.807) is 11.3 Å². The normalized spacial score (nSPS) is 12.0. The van der Waals surface area contributed by atoms with E-state index in [4.69, 9.17) is 5.73 Å². The highest BCUT2D eigenvalue weighted by atomic mass is 32.1. The van der Waals surface area contributed by atoms with E-state index in [0.717, 1.165) is 22.4 Å². The van der Waals surface area contributed by atoms with Gasteiger partial charge in [-0.05, 0) is 23.0 Å². The van der Waals surface area contributed by atoms with Crippen LogP contribution in [0.25, 0.3) is 21.3 Å². The molecule has 0 fully saturated rings. The monoisotopic (exact) mass is 327 g/mol. The first-order valence-electron chi connectivity index (χ1n) is 7.73. The molecule has 0 bridgehead atoms. The number of H-pyrrole nitrogens is 1. The number of hydrogen-bond acceptors (Lipinski definition) is 4. The van der Waals surface area contributed by atoms with Crippen molar-refractivity contribution in [2.75, 3.05) is 5.73 Å². The van der Waals surface area contributed by atoms with Gasteiger partial charge in [-0.3, -0.25) is 9.78 Å². The van der Waals surface area contributed by atoms with Gasteiger partial charge in [0, 0.05) is 10.4 Å². The number of anilines is 1. The SMILES string of the molecule is CCc1sc2nc(N)[nH]c(=O)c2c1-c1ccc(C(C)(C)C)cc1. The van der Waals surface area contributed by atoms with Gasteiger partial charge in [-0.2, -0.15) is 0 Å². The van der Waals surface area contributed by atoms with Crippen molar-refractivity contribution in [1.29, 1.82) is 0 Å². The lowest BCUT2D eigenvalue weighted by molar-refractivity contribution is 0.590. The second-order valence-electron chi connectivity index (χ2n) is 6.71. The topological polar surface area (TPSA) is 71.8 Å². The second kappa shape index (κ2) is 5.49. The molecule has 2 heterocycles. The Labute approximate surface area is 139 Å². The van der Waals surface area contributed by atoms with Crippen LogP contribution in [0.1, 0.15) is 38.1 Å². The third-order valence-electron chi connectivity index (χ3n) is 4.01. The summed E-state index contributed by atoms with van der Waals surface area (Å²) in [7, 11) is 0. The summed E-state index contributed by atoms with van der Waals surface area (Å²) in [5.74, 6) is 0.168. The molecule has 0 saturated heterocycles. The summed E-state index contributed by atoms with van der Waals surface area (Å²) in [5, 5.41) is 0.643. The molecule has 0 atom stereocenters. The highest BCUT2D eigenvalue weighted by molar-refractivity contribution is 7.19. The summed E-state index contributed by atoms with van der Waals surface area (Å²) < 4.78 is 0. The molecule has 3 aromatic rings. The van der Waals surface area contributed by atoms with Crippen LogP contribution in [0.4, 0.5) is 5.95 Å². The molecule has 1 aromatic carbocycles. The Bertz CT molecular complexity index is 914. The molecule has 0 radical (unpaired) electrons. The van der Waals surface area contributed by atoms with Gasteiger partial charge in [0.2, 0.25) is 5.95 Å². The molecule has 4 nitrogen and oxygen atoms in total. The number of aromatic nitrogens is 2. The van der Waals surface area contributed by atoms with Crippen LogP contribution in [-0.2, 0) is 11.8 Å². The van der Waals surface area contributed by atoms with E-state index in [9.17, 15) is 4.79 Å². The maximum atomic E-state index is 12.4. The minimum absolute atomic E-state index is 0.107. The van der Waals surface area contributed by atoms with E-state index in [-0.39, 0.29) is 16.9 Å². The van der Waals surface area contributed by atoms with Crippen LogP contribution in [0.15, 0.2) is 29.1 Å². The molecular formula is C18H21N3OS. The number of thiophene rings is 1. The molecular weight excluding hydrogens is 306 g/mol. The zero-order valence-electron chi connectivity index (χ0n) is 13.9. The van der Waals surface area contributed by atoms with Crippen LogP contribution in [0, 0.1) is 0 Å². The quantitative estimate of drug-likeness (QED) is 0.744. The number of fused-ring (bicyclic) bond motifs is 1. The van der Waals surface area contributed by atoms with Crippen molar-refractivity contribution in [1.82, 2.24) is 9.97 Å². The highest BCUT2D eigenvalue weighted by Gasteiger charge is 2.19. The van der Waals surface area contributed by atoms with Crippen molar-refractivity contribution in [3.63, 3.8) is 0 Å². The maximum Gasteiger partial charge on any atom is 0.261 e. The number of aromatic amines is 1. The summed E-state index contributed by atoms with van der Waals surface area (Å²) in [6.07, 6.45) is 0.858. The molecule has 0 aliphatic carbocycles. The predicted molar refractivity (Wildman–Crippen MR) is 98.2 cm³/mol. The average Bonchev–Trinajstić information content (AvgIpc) is 2.85. The van der Waals surface area contributed by atoms with E-state index in [2.05, 4.69) is 61.9 Å². The highest BCUT2D eigenvalue weighted by Crippen LogP contribution is 2.37. The smallest absolute Gasteiger partial charge is 0.261 e. The minimum atomic E-state index is -0.168. The fraction of sp³-hybridized carbons (Fsp3) is 0.333. The minimum Gasteiger partial charge on any atom is -0.369 e. The Kier molecular flexibility index (Phi) is 3.76. The third-order valence-corrected chi connectivity index (χ3v) is 5.24. The molecule has 120 valence electrons. The molecule has 3 N–H and O–H groups in total. The van der Waals surface area contributed by atoms with Gasteiger partial charge in [-0.1, -0.05) is 52.0 Å². The van der Waals surface area contributed by atoms with Crippen LogP contribution >= 0.6 is 11.3 Å². The fourth-order valence-corrected chi connectivity index (χ4v) is 3.90. The molecule has 2 aromatic heterocycles. The number of aryl methyl sites for hydroxylation is 1. The first kappa shape index (κ1) is 15.7. The molecule has 23 heavy (non-hydrogen) atoms. The van der Waals surface area contributed by atoms with Crippen LogP contribution in [0.3, 0.4) is 0 Å². The van der Waals surface area contributed by atoms with Crippen molar-refractivity contribution in [2.45, 2.75) is 39.5 Å². The molecule has 0 aliphatic heterocycles. The van der Waals surface area contributed by atoms with E-state index in [0.29, 0.717) is 10.2 Å². The van der Waals surface area contributed by atoms with Gasteiger partial charge in [-0.15, -0.1) is 11.3 Å². The number of nitrogens with two attached hydrogens (primary N) is 1. The number of rotatable bonds is 2. The first-order chi connectivity index (χ1) is 10.8. The summed E-state index contributed by atoms with van der Waals surface area (Å²) >= 11 is 1.55. The number of hydrogen-bond donors (Lipinski definition) is 2. The molecule has 5 heteroatoms. The number of nitrogen functional groups attached to an aromatic ring is 1. The molecule has 0 saturated carbocycles. The number of benzene rings is 1. The summed E-state index contributed by atoms with van der Waals surface area (Å²) in [4.78, 5) is 21.1. The Morgan fingerprint density at radius 1 is 1.22 bits per heavy atom. The standard InChI is InChI=1S/C18H21N3OS/c1-5-12-13(10-6-8-11(9-7-10)18(2,3)4)14-15(22)20-17(19)21-16(14)23-12/h6-9H,5H2,1-4H3,(H3,19,20,21,22). The van der Waals surface area contributed by atoms with Gasteiger partial charge >= 0.3 is 0 Å². The Morgan fingerprint density at radius 3 is 2.43 bits per heavy atom. The van der Waals surface area contributed by atoms with E-state index < -0.39 is 0 Å². The van der Waals surface area contributed by atoms with Crippen molar-refractivity contribution in [3.8, 4) is 11.1 Å². The van der Waals surface area contributed by atoms with E-state index >= 15 is 0 Å². The van der Waals surface area contributed by atoms with Crippen molar-refractivity contribution in [3.05, 3.63) is 45.1 Å². The van der Waals surface area contributed by atoms with Crippen LogP contribution < -0.4 is 11.3 Å². The lowest BCUT2D eigenvalue weighted by atomic mass is 9.86. The molecule has 0 unspecified atom stereocenters. The summed E-state index contributed by atoms with van der Waals surface area (Å²) in [6, 6.07) is 8.46. The Balaban J connectivity index is 2.25. The number of nitrogens with zero attached hydrogens (tertiary/aromatic N) is 1. The average molecular weight is 327 g/mol. The van der Waals surface area contributed by atoms with E-state index in [1.807, 2.05) is 0 Å². The van der Waals surface area contributed by atoms with Gasteiger partial charge in [0.05, 0.1) is 5.39 Å². The van der Waals surface area contributed by atoms with Crippen molar-refractivity contribution < 1.29 is 0 Å². The van der Waals surface area contributed by atoms with E-state index in [1.165, 1.54) is 5.56 Å². The van der Waals surface area contributed by atoms with Crippen molar-refractivity contribution >= 4 is 27.5 Å². The Hall–Kier alpha value is -2.14. The van der Waals surface area contributed by atoms with Gasteiger partial charge in [0.25, 0.3) is 5.56 Å². The first-order valence-corrected chi connectivity index (χ1v) is 8.55. The largest absolute Gasteiger partial charge is 0.369 e. The summed E-state index contributed by atoms with van der Waals surface area (Å²) in [6.45, 7) is 8.67. The third kappa shape index (κ3) is 2.77. The van der Waals surface area contributed by atoms with Gasteiger partial charge in [-0.25, -0.2) is 4.98 Å². The van der Waals surface area contributed by atoms with Gasteiger partial charge < -0.3 is 5.73 Å². The zero-order valence-corrected chi connectivity index (χ0v) is 14.7. The summed E-state index contributed by atoms with van der Waals surface area (Å²) in [5.41, 5.74) is 8.93. The van der Waals surface area contributed by atoms with Crippen LogP contribution in [-0.4, -0.2) is 9.97 Å². The zero-order chi connectivity index (χ0) is 16.8. The molecule has 0 amide bonds. The molecule has 3 rings (SSSR count). The fourth-order valence-electron chi connectivity index (χ4n) is 2.76. The molecule has 0 spiro atoms. The lowest BCUT2D eigenvalue weighted by Gasteiger charge is -2.19. The Morgan fingerprint density at radius 2 is 1.87 bits per heavy atom. The second-order valence-corrected chi connectivity index (χ2v) is 7.80. The van der Waals surface area contributed by atoms with Gasteiger partial charge in [0.1, 0.15) is 4.83 Å².